The van der Waals surface area contributed by atoms with Crippen LogP contribution in [0.4, 0.5) is 0 Å². The maximum absolute atomic E-state index is 12.7. The second-order valence-electron chi connectivity index (χ2n) is 6.46. The van der Waals surface area contributed by atoms with E-state index in [0.29, 0.717) is 35.3 Å². The standard InChI is InChI=1S/C21H29N3O4S.HI/c1-5-17(15-29(25,26)18-9-7-6-8-10-18)24-21(22-2)23-14-16-11-12-19(27-3)20(13-16)28-4;/h6-13,17H,5,14-15H2,1-4H3,(H2,22,23,24);1H. The van der Waals surface area contributed by atoms with Gasteiger partial charge in [-0.25, -0.2) is 8.42 Å². The third-order valence-electron chi connectivity index (χ3n) is 4.49. The number of aliphatic imine (C=N–C) groups is 1. The maximum Gasteiger partial charge on any atom is 0.191 e. The van der Waals surface area contributed by atoms with E-state index in [1.54, 1.807) is 51.6 Å². The molecule has 0 amide bonds. The van der Waals surface area contributed by atoms with Crippen LogP contribution < -0.4 is 20.1 Å². The molecule has 2 aromatic rings. The fourth-order valence-electron chi connectivity index (χ4n) is 2.81. The van der Waals surface area contributed by atoms with E-state index in [1.165, 1.54) is 0 Å². The Morgan fingerprint density at radius 3 is 2.30 bits per heavy atom. The van der Waals surface area contributed by atoms with E-state index >= 15 is 0 Å². The van der Waals surface area contributed by atoms with Crippen molar-refractivity contribution in [3.05, 3.63) is 54.1 Å². The molecule has 0 aromatic heterocycles. The summed E-state index contributed by atoms with van der Waals surface area (Å²) >= 11 is 0. The molecule has 1 unspecified atom stereocenters. The molecule has 30 heavy (non-hydrogen) atoms. The molecule has 0 aliphatic heterocycles. The summed E-state index contributed by atoms with van der Waals surface area (Å²) in [6.07, 6.45) is 0.642. The molecular formula is C21H30IN3O4S. The van der Waals surface area contributed by atoms with E-state index in [0.717, 1.165) is 5.56 Å². The third-order valence-corrected chi connectivity index (χ3v) is 6.32. The predicted octanol–water partition coefficient (Wildman–Crippen LogP) is 3.24. The highest BCUT2D eigenvalue weighted by molar-refractivity contribution is 14.0. The molecule has 0 saturated heterocycles. The number of ether oxygens (including phenoxy) is 2. The van der Waals surface area contributed by atoms with Gasteiger partial charge in [0.25, 0.3) is 0 Å². The summed E-state index contributed by atoms with van der Waals surface area (Å²) in [4.78, 5) is 4.54. The van der Waals surface area contributed by atoms with Gasteiger partial charge >= 0.3 is 0 Å². The normalized spacial score (nSPS) is 12.5. The summed E-state index contributed by atoms with van der Waals surface area (Å²) in [5.41, 5.74) is 0.982. The highest BCUT2D eigenvalue weighted by Gasteiger charge is 2.21. The van der Waals surface area contributed by atoms with Crippen molar-refractivity contribution in [2.45, 2.75) is 30.8 Å². The monoisotopic (exact) mass is 547 g/mol. The second kappa shape index (κ2) is 12.6. The van der Waals surface area contributed by atoms with Crippen molar-refractivity contribution in [3.8, 4) is 11.5 Å². The summed E-state index contributed by atoms with van der Waals surface area (Å²) in [6.45, 7) is 2.45. The number of benzene rings is 2. The first-order valence-electron chi connectivity index (χ1n) is 9.39. The van der Waals surface area contributed by atoms with Crippen molar-refractivity contribution in [2.75, 3.05) is 27.0 Å². The Bertz CT molecular complexity index is 921. The molecule has 2 N–H and O–H groups in total. The maximum atomic E-state index is 12.7. The van der Waals surface area contributed by atoms with E-state index in [9.17, 15) is 8.42 Å². The van der Waals surface area contributed by atoms with Crippen LogP contribution in [0.2, 0.25) is 0 Å². The molecule has 0 saturated carbocycles. The molecule has 1 atom stereocenters. The van der Waals surface area contributed by atoms with Gasteiger partial charge in [-0.15, -0.1) is 24.0 Å². The Labute approximate surface area is 196 Å². The molecule has 0 fully saturated rings. The number of methoxy groups -OCH3 is 2. The zero-order valence-electron chi connectivity index (χ0n) is 17.7. The number of hydrogen-bond acceptors (Lipinski definition) is 5. The van der Waals surface area contributed by atoms with E-state index in [4.69, 9.17) is 9.47 Å². The Morgan fingerprint density at radius 2 is 1.73 bits per heavy atom. The number of rotatable bonds is 9. The van der Waals surface area contributed by atoms with Gasteiger partial charge in [0.1, 0.15) is 0 Å². The lowest BCUT2D eigenvalue weighted by molar-refractivity contribution is 0.354. The average molecular weight is 547 g/mol. The van der Waals surface area contributed by atoms with Crippen molar-refractivity contribution in [3.63, 3.8) is 0 Å². The van der Waals surface area contributed by atoms with E-state index < -0.39 is 9.84 Å². The molecule has 0 spiro atoms. The van der Waals surface area contributed by atoms with E-state index in [-0.39, 0.29) is 35.8 Å². The first-order chi connectivity index (χ1) is 13.9. The fourth-order valence-corrected chi connectivity index (χ4v) is 4.43. The van der Waals surface area contributed by atoms with Crippen molar-refractivity contribution >= 4 is 39.8 Å². The predicted molar refractivity (Wildman–Crippen MR) is 131 cm³/mol. The minimum Gasteiger partial charge on any atom is -0.493 e. The van der Waals surface area contributed by atoms with Crippen LogP contribution in [0.15, 0.2) is 58.4 Å². The molecule has 0 heterocycles. The highest BCUT2D eigenvalue weighted by atomic mass is 127. The van der Waals surface area contributed by atoms with Crippen LogP contribution in [0, 0.1) is 0 Å². The summed E-state index contributed by atoms with van der Waals surface area (Å²) in [5.74, 6) is 1.84. The number of nitrogens with one attached hydrogen (secondary N) is 2. The molecule has 0 bridgehead atoms. The topological polar surface area (TPSA) is 89.0 Å². The molecule has 0 radical (unpaired) electrons. The number of halogens is 1. The molecule has 2 aromatic carbocycles. The van der Waals surface area contributed by atoms with Crippen LogP contribution in [-0.4, -0.2) is 47.4 Å². The van der Waals surface area contributed by atoms with E-state index in [2.05, 4.69) is 15.6 Å². The molecule has 9 heteroatoms. The number of hydrogen-bond donors (Lipinski definition) is 2. The summed E-state index contributed by atoms with van der Waals surface area (Å²) in [6, 6.07) is 13.9. The van der Waals surface area contributed by atoms with Crippen LogP contribution in [0.25, 0.3) is 0 Å². The van der Waals surface area contributed by atoms with Gasteiger partial charge in [0.05, 0.1) is 24.9 Å². The van der Waals surface area contributed by atoms with Crippen molar-refractivity contribution in [1.82, 2.24) is 10.6 Å². The minimum atomic E-state index is -3.38. The molecule has 0 aliphatic rings. The van der Waals surface area contributed by atoms with Gasteiger partial charge in [-0.1, -0.05) is 31.2 Å². The van der Waals surface area contributed by atoms with Gasteiger partial charge < -0.3 is 20.1 Å². The Morgan fingerprint density at radius 1 is 1.07 bits per heavy atom. The van der Waals surface area contributed by atoms with Crippen LogP contribution in [-0.2, 0) is 16.4 Å². The lowest BCUT2D eigenvalue weighted by Crippen LogP contribution is -2.45. The quantitative estimate of drug-likeness (QED) is 0.285. The van der Waals surface area contributed by atoms with Gasteiger partial charge in [0.2, 0.25) is 0 Å². The van der Waals surface area contributed by atoms with Crippen LogP contribution in [0.5, 0.6) is 11.5 Å². The van der Waals surface area contributed by atoms with Crippen LogP contribution in [0.3, 0.4) is 0 Å². The van der Waals surface area contributed by atoms with Gasteiger partial charge in [-0.2, -0.15) is 0 Å². The highest BCUT2D eigenvalue weighted by Crippen LogP contribution is 2.27. The molecule has 0 aliphatic carbocycles. The van der Waals surface area contributed by atoms with Gasteiger partial charge in [-0.3, -0.25) is 4.99 Å². The second-order valence-corrected chi connectivity index (χ2v) is 8.49. The molecule has 7 nitrogen and oxygen atoms in total. The molecular weight excluding hydrogens is 517 g/mol. The van der Waals surface area contributed by atoms with Gasteiger partial charge in [0, 0.05) is 19.6 Å². The lowest BCUT2D eigenvalue weighted by Gasteiger charge is -2.20. The summed E-state index contributed by atoms with van der Waals surface area (Å²) < 4.78 is 35.9. The lowest BCUT2D eigenvalue weighted by atomic mass is 10.2. The Hall–Kier alpha value is -2.01. The fraction of sp³-hybridized carbons (Fsp3) is 0.381. The zero-order chi connectivity index (χ0) is 21.3. The first kappa shape index (κ1) is 26.0. The van der Waals surface area contributed by atoms with Gasteiger partial charge in [0.15, 0.2) is 27.3 Å². The Balaban J connectivity index is 0.00000450. The van der Waals surface area contributed by atoms with Gasteiger partial charge in [-0.05, 0) is 36.2 Å². The molecule has 2 rings (SSSR count). The summed E-state index contributed by atoms with van der Waals surface area (Å²) in [5, 5.41) is 6.42. The zero-order valence-corrected chi connectivity index (χ0v) is 20.9. The van der Waals surface area contributed by atoms with Crippen molar-refractivity contribution < 1.29 is 17.9 Å². The van der Waals surface area contributed by atoms with Crippen LogP contribution in [0.1, 0.15) is 18.9 Å². The number of sulfone groups is 1. The number of guanidine groups is 1. The average Bonchev–Trinajstić information content (AvgIpc) is 2.75. The minimum absolute atomic E-state index is 0. The summed E-state index contributed by atoms with van der Waals surface area (Å²) in [7, 11) is 1.46. The SMILES string of the molecule is CCC(CS(=O)(=O)c1ccccc1)NC(=NC)NCc1ccc(OC)c(OC)c1.I. The first-order valence-corrected chi connectivity index (χ1v) is 11.0. The largest absolute Gasteiger partial charge is 0.493 e. The smallest absolute Gasteiger partial charge is 0.191 e. The Kier molecular flexibility index (Phi) is 11.0. The van der Waals surface area contributed by atoms with Crippen molar-refractivity contribution in [1.29, 1.82) is 0 Å². The van der Waals surface area contributed by atoms with Crippen LogP contribution >= 0.6 is 24.0 Å². The molecule has 166 valence electrons. The number of nitrogens with zero attached hydrogens (tertiary/aromatic N) is 1. The van der Waals surface area contributed by atoms with E-state index in [1.807, 2.05) is 25.1 Å². The third kappa shape index (κ3) is 7.35. The van der Waals surface area contributed by atoms with Crippen molar-refractivity contribution in [2.24, 2.45) is 4.99 Å².